The van der Waals surface area contributed by atoms with Crippen LogP contribution in [0.5, 0.6) is 0 Å². The van der Waals surface area contributed by atoms with E-state index in [-0.39, 0.29) is 24.8 Å². The van der Waals surface area contributed by atoms with Gasteiger partial charge in [-0.1, -0.05) is 30.3 Å². The van der Waals surface area contributed by atoms with E-state index in [2.05, 4.69) is 20.6 Å². The molecule has 3 rings (SSSR count). The van der Waals surface area contributed by atoms with Crippen LogP contribution < -0.4 is 16.4 Å². The molecule has 1 aromatic carbocycles. The highest BCUT2D eigenvalue weighted by atomic mass is 16.3. The summed E-state index contributed by atoms with van der Waals surface area (Å²) in [4.78, 5) is 53.1. The summed E-state index contributed by atoms with van der Waals surface area (Å²) in [6.45, 7) is 0.741. The second kappa shape index (κ2) is 12.1. The molecule has 1 aliphatic heterocycles. The number of aromatic amines is 1. The zero-order valence-corrected chi connectivity index (χ0v) is 17.6. The molecule has 0 atom stereocenters. The second-order valence-corrected chi connectivity index (χ2v) is 7.41. The third-order valence-electron chi connectivity index (χ3n) is 5.05. The molecule has 0 unspecified atom stereocenters. The number of hydrogen-bond acceptors (Lipinski definition) is 5. The summed E-state index contributed by atoms with van der Waals surface area (Å²) in [5.41, 5.74) is 5.39. The minimum Gasteiger partial charge on any atom is -0.483 e. The van der Waals surface area contributed by atoms with Crippen LogP contribution in [-0.2, 0) is 27.2 Å². The summed E-state index contributed by atoms with van der Waals surface area (Å²) in [6.07, 6.45) is 5.55. The molecule has 0 bridgehead atoms. The first-order chi connectivity index (χ1) is 15.4. The first kappa shape index (κ1) is 24.4. The lowest BCUT2D eigenvalue weighted by molar-refractivity contribution is -0.153. The van der Waals surface area contributed by atoms with E-state index in [1.165, 1.54) is 0 Å². The molecule has 0 aliphatic carbocycles. The van der Waals surface area contributed by atoms with Gasteiger partial charge in [0.05, 0.1) is 12.0 Å². The van der Waals surface area contributed by atoms with Crippen LogP contribution in [-0.4, -0.2) is 70.5 Å². The summed E-state index contributed by atoms with van der Waals surface area (Å²) in [7, 11) is 0. The normalized spacial score (nSPS) is 13.7. The number of urea groups is 1. The van der Waals surface area contributed by atoms with Gasteiger partial charge in [0.1, 0.15) is 5.82 Å². The van der Waals surface area contributed by atoms with Crippen LogP contribution in [0.3, 0.4) is 0 Å². The number of imidazole rings is 1. The van der Waals surface area contributed by atoms with Crippen LogP contribution in [0.15, 0.2) is 42.7 Å². The van der Waals surface area contributed by atoms with Crippen LogP contribution in [0.1, 0.15) is 17.8 Å². The predicted octanol–water partition coefficient (Wildman–Crippen LogP) is -0.101. The lowest BCUT2D eigenvalue weighted by Crippen LogP contribution is -2.66. The molecular weight excluding hydrogens is 416 g/mol. The van der Waals surface area contributed by atoms with E-state index in [9.17, 15) is 14.4 Å². The minimum absolute atomic E-state index is 0.0623. The Morgan fingerprint density at radius 2 is 1.91 bits per heavy atom. The zero-order chi connectivity index (χ0) is 23.4. The standard InChI is InChI=1S/C20H26N6O3.CH2O2/c21-19(29)25-12-17(27)26-13-20(14-26,11-15-5-2-1-3-6-15)18(28)24-8-4-7-16-22-9-10-23-16;2-1-3/h1-3,5-6,9-10H,4,7-8,11-14H2,(H,22,23)(H,24,28)(H3,21,25,29);1H,(H,2,3). The fourth-order valence-electron chi connectivity index (χ4n) is 3.54. The molecule has 1 saturated heterocycles. The van der Waals surface area contributed by atoms with E-state index < -0.39 is 11.4 Å². The van der Waals surface area contributed by atoms with Crippen molar-refractivity contribution < 1.29 is 24.3 Å². The van der Waals surface area contributed by atoms with Gasteiger partial charge < -0.3 is 31.4 Å². The fraction of sp³-hybridized carbons (Fsp3) is 0.381. The second-order valence-electron chi connectivity index (χ2n) is 7.41. The number of amides is 4. The zero-order valence-electron chi connectivity index (χ0n) is 17.6. The Morgan fingerprint density at radius 3 is 2.50 bits per heavy atom. The van der Waals surface area contributed by atoms with Crippen molar-refractivity contribution in [1.82, 2.24) is 25.5 Å². The van der Waals surface area contributed by atoms with Crippen molar-refractivity contribution >= 4 is 24.3 Å². The monoisotopic (exact) mass is 444 g/mol. The van der Waals surface area contributed by atoms with Gasteiger partial charge in [0.25, 0.3) is 6.47 Å². The van der Waals surface area contributed by atoms with Gasteiger partial charge >= 0.3 is 6.03 Å². The van der Waals surface area contributed by atoms with Crippen molar-refractivity contribution in [3.05, 3.63) is 54.1 Å². The Hall–Kier alpha value is -3.89. The van der Waals surface area contributed by atoms with Gasteiger partial charge in [0.15, 0.2) is 0 Å². The molecule has 0 radical (unpaired) electrons. The van der Waals surface area contributed by atoms with Gasteiger partial charge in [-0.3, -0.25) is 14.4 Å². The van der Waals surface area contributed by atoms with E-state index in [0.717, 1.165) is 24.2 Å². The number of benzene rings is 1. The summed E-state index contributed by atoms with van der Waals surface area (Å²) in [6, 6.07) is 9.00. The number of nitrogens with one attached hydrogen (secondary N) is 3. The summed E-state index contributed by atoms with van der Waals surface area (Å²) in [5.74, 6) is 0.575. The van der Waals surface area contributed by atoms with Crippen LogP contribution in [0.4, 0.5) is 4.79 Å². The molecule has 4 amide bonds. The highest BCUT2D eigenvalue weighted by Crippen LogP contribution is 2.34. The van der Waals surface area contributed by atoms with Crippen LogP contribution in [0.2, 0.25) is 0 Å². The average Bonchev–Trinajstić information content (AvgIpc) is 3.26. The first-order valence-electron chi connectivity index (χ1n) is 10.1. The Balaban J connectivity index is 0.00000114. The van der Waals surface area contributed by atoms with Crippen molar-refractivity contribution in [2.45, 2.75) is 19.3 Å². The van der Waals surface area contributed by atoms with E-state index in [1.807, 2.05) is 30.3 Å². The molecule has 1 fully saturated rings. The number of hydrogen-bond donors (Lipinski definition) is 5. The average molecular weight is 444 g/mol. The van der Waals surface area contributed by atoms with Crippen molar-refractivity contribution in [3.63, 3.8) is 0 Å². The Morgan fingerprint density at radius 1 is 1.22 bits per heavy atom. The Labute approximate surface area is 185 Å². The van der Waals surface area contributed by atoms with E-state index in [4.69, 9.17) is 15.6 Å². The summed E-state index contributed by atoms with van der Waals surface area (Å²) < 4.78 is 0. The number of aromatic nitrogens is 2. The van der Waals surface area contributed by atoms with Crippen LogP contribution in [0.25, 0.3) is 0 Å². The van der Waals surface area contributed by atoms with Crippen LogP contribution >= 0.6 is 0 Å². The number of carbonyl (C=O) groups excluding carboxylic acids is 3. The minimum atomic E-state index is -0.747. The maximum absolute atomic E-state index is 13.0. The number of primary amides is 1. The van der Waals surface area contributed by atoms with Gasteiger partial charge in [-0.2, -0.15) is 0 Å². The van der Waals surface area contributed by atoms with E-state index in [1.54, 1.807) is 17.3 Å². The van der Waals surface area contributed by atoms with Crippen molar-refractivity contribution in [2.75, 3.05) is 26.2 Å². The number of nitrogens with two attached hydrogens (primary N) is 1. The number of likely N-dealkylation sites (tertiary alicyclic amines) is 1. The quantitative estimate of drug-likeness (QED) is 0.267. The highest BCUT2D eigenvalue weighted by molar-refractivity contribution is 5.89. The molecule has 32 heavy (non-hydrogen) atoms. The molecule has 6 N–H and O–H groups in total. The first-order valence-corrected chi connectivity index (χ1v) is 10.1. The number of rotatable bonds is 9. The molecule has 11 nitrogen and oxygen atoms in total. The SMILES string of the molecule is NC(=O)NCC(=O)N1CC(Cc2ccccc2)(C(=O)NCCCc2ncc[nH]2)C1.O=CO. The topological polar surface area (TPSA) is 171 Å². The van der Waals surface area contributed by atoms with Gasteiger partial charge in [-0.15, -0.1) is 0 Å². The molecule has 172 valence electrons. The molecule has 11 heteroatoms. The maximum atomic E-state index is 13.0. The Kier molecular flexibility index (Phi) is 9.21. The lowest BCUT2D eigenvalue weighted by Gasteiger charge is -2.49. The number of aryl methyl sites for hydroxylation is 1. The smallest absolute Gasteiger partial charge is 0.312 e. The van der Waals surface area contributed by atoms with Gasteiger partial charge in [-0.25, -0.2) is 9.78 Å². The summed E-state index contributed by atoms with van der Waals surface area (Å²) >= 11 is 0. The maximum Gasteiger partial charge on any atom is 0.312 e. The number of carbonyl (C=O) groups is 4. The molecule has 1 aromatic heterocycles. The van der Waals surface area contributed by atoms with Crippen molar-refractivity contribution in [1.29, 1.82) is 0 Å². The van der Waals surface area contributed by atoms with E-state index in [0.29, 0.717) is 26.1 Å². The van der Waals surface area contributed by atoms with Crippen molar-refractivity contribution in [2.24, 2.45) is 11.1 Å². The Bertz CT molecular complexity index is 881. The third kappa shape index (κ3) is 7.11. The number of H-pyrrole nitrogens is 1. The predicted molar refractivity (Wildman–Crippen MR) is 115 cm³/mol. The molecule has 2 aromatic rings. The molecule has 0 saturated carbocycles. The van der Waals surface area contributed by atoms with Crippen LogP contribution in [0, 0.1) is 5.41 Å². The van der Waals surface area contributed by atoms with E-state index >= 15 is 0 Å². The van der Waals surface area contributed by atoms with Crippen molar-refractivity contribution in [3.8, 4) is 0 Å². The number of nitrogens with zero attached hydrogens (tertiary/aromatic N) is 2. The molecule has 2 heterocycles. The third-order valence-corrected chi connectivity index (χ3v) is 5.05. The molecular formula is C21H28N6O5. The lowest BCUT2D eigenvalue weighted by atomic mass is 9.73. The molecule has 1 aliphatic rings. The summed E-state index contributed by atoms with van der Waals surface area (Å²) in [5, 5.41) is 12.2. The molecule has 0 spiro atoms. The fourth-order valence-corrected chi connectivity index (χ4v) is 3.54. The van der Waals surface area contributed by atoms with Gasteiger partial charge in [0.2, 0.25) is 11.8 Å². The van der Waals surface area contributed by atoms with Gasteiger partial charge in [-0.05, 0) is 18.4 Å². The number of carboxylic acid groups (broad SMARTS) is 1. The largest absolute Gasteiger partial charge is 0.483 e. The highest BCUT2D eigenvalue weighted by Gasteiger charge is 2.50. The van der Waals surface area contributed by atoms with Gasteiger partial charge in [0, 0.05) is 38.4 Å².